The van der Waals surface area contributed by atoms with Gasteiger partial charge in [0.25, 0.3) is 5.91 Å². The summed E-state index contributed by atoms with van der Waals surface area (Å²) in [6, 6.07) is 16.4. The smallest absolute Gasteiger partial charge is 0.254 e. The second-order valence-electron chi connectivity index (χ2n) is 9.11. The van der Waals surface area contributed by atoms with E-state index in [-0.39, 0.29) is 11.9 Å². The Morgan fingerprint density at radius 2 is 1.88 bits per heavy atom. The minimum Gasteiger partial charge on any atom is -0.495 e. The molecule has 1 aliphatic heterocycles. The van der Waals surface area contributed by atoms with Gasteiger partial charge >= 0.3 is 0 Å². The molecule has 6 heteroatoms. The summed E-state index contributed by atoms with van der Waals surface area (Å²) in [6.07, 6.45) is 1.92. The molecule has 2 aromatic rings. The maximum Gasteiger partial charge on any atom is 0.254 e. The number of rotatable bonds is 12. The summed E-state index contributed by atoms with van der Waals surface area (Å²) >= 11 is 0. The monoisotopic (exact) mass is 453 g/mol. The van der Waals surface area contributed by atoms with E-state index in [0.717, 1.165) is 50.5 Å². The van der Waals surface area contributed by atoms with Gasteiger partial charge in [-0.25, -0.2) is 0 Å². The molecule has 0 spiro atoms. The SMILES string of the molecule is COCCCNc1cc(C(=O)N(CC2CNCC2Cc2ccccc2)C(C)C)ccc1OC. The highest BCUT2D eigenvalue weighted by molar-refractivity contribution is 5.95. The summed E-state index contributed by atoms with van der Waals surface area (Å²) < 4.78 is 10.6. The highest BCUT2D eigenvalue weighted by atomic mass is 16.5. The van der Waals surface area contributed by atoms with Crippen molar-refractivity contribution in [1.82, 2.24) is 10.2 Å². The second kappa shape index (κ2) is 12.6. The van der Waals surface area contributed by atoms with Crippen LogP contribution >= 0.6 is 0 Å². The van der Waals surface area contributed by atoms with Gasteiger partial charge in [0.05, 0.1) is 12.8 Å². The van der Waals surface area contributed by atoms with Crippen LogP contribution in [0.2, 0.25) is 0 Å². The lowest BCUT2D eigenvalue weighted by Gasteiger charge is -2.32. The zero-order valence-electron chi connectivity index (χ0n) is 20.5. The van der Waals surface area contributed by atoms with E-state index in [2.05, 4.69) is 54.8 Å². The molecule has 0 saturated carbocycles. The van der Waals surface area contributed by atoms with Gasteiger partial charge in [0.2, 0.25) is 0 Å². The molecule has 2 aromatic carbocycles. The van der Waals surface area contributed by atoms with Crippen LogP contribution < -0.4 is 15.4 Å². The van der Waals surface area contributed by atoms with Crippen molar-refractivity contribution in [3.63, 3.8) is 0 Å². The number of ether oxygens (including phenoxy) is 2. The molecular formula is C27H39N3O3. The van der Waals surface area contributed by atoms with Crippen molar-refractivity contribution in [2.45, 2.75) is 32.7 Å². The number of nitrogens with one attached hydrogen (secondary N) is 2. The van der Waals surface area contributed by atoms with E-state index in [1.807, 2.05) is 23.1 Å². The Labute approximate surface area is 198 Å². The molecule has 0 aliphatic carbocycles. The molecule has 33 heavy (non-hydrogen) atoms. The number of methoxy groups -OCH3 is 2. The van der Waals surface area contributed by atoms with Gasteiger partial charge in [-0.15, -0.1) is 0 Å². The van der Waals surface area contributed by atoms with Gasteiger partial charge in [-0.3, -0.25) is 4.79 Å². The molecule has 0 radical (unpaired) electrons. The van der Waals surface area contributed by atoms with E-state index in [1.165, 1.54) is 5.56 Å². The van der Waals surface area contributed by atoms with Crippen LogP contribution in [0.1, 0.15) is 36.2 Å². The Balaban J connectivity index is 1.71. The number of hydrogen-bond acceptors (Lipinski definition) is 5. The Bertz CT molecular complexity index is 872. The average molecular weight is 454 g/mol. The van der Waals surface area contributed by atoms with E-state index in [4.69, 9.17) is 9.47 Å². The summed E-state index contributed by atoms with van der Waals surface area (Å²) in [5.41, 5.74) is 2.88. The first-order valence-corrected chi connectivity index (χ1v) is 12.0. The van der Waals surface area contributed by atoms with Gasteiger partial charge in [0.15, 0.2) is 0 Å². The van der Waals surface area contributed by atoms with Gasteiger partial charge in [0.1, 0.15) is 5.75 Å². The van der Waals surface area contributed by atoms with Crippen molar-refractivity contribution in [3.05, 3.63) is 59.7 Å². The van der Waals surface area contributed by atoms with Gasteiger partial charge in [-0.2, -0.15) is 0 Å². The molecule has 1 fully saturated rings. The molecule has 180 valence electrons. The lowest BCUT2D eigenvalue weighted by molar-refractivity contribution is 0.0662. The molecule has 2 N–H and O–H groups in total. The van der Waals surface area contributed by atoms with Gasteiger partial charge in [-0.05, 0) is 75.4 Å². The number of nitrogens with zero attached hydrogens (tertiary/aromatic N) is 1. The Morgan fingerprint density at radius 3 is 2.58 bits per heavy atom. The molecule has 1 aliphatic rings. The summed E-state index contributed by atoms with van der Waals surface area (Å²) in [4.78, 5) is 15.6. The van der Waals surface area contributed by atoms with Crippen LogP contribution in [-0.2, 0) is 11.2 Å². The van der Waals surface area contributed by atoms with Crippen LogP contribution in [0.25, 0.3) is 0 Å². The van der Waals surface area contributed by atoms with E-state index < -0.39 is 0 Å². The van der Waals surface area contributed by atoms with Crippen molar-refractivity contribution in [3.8, 4) is 5.75 Å². The average Bonchev–Trinajstić information content (AvgIpc) is 3.26. The van der Waals surface area contributed by atoms with Crippen LogP contribution in [-0.4, -0.2) is 63.9 Å². The first-order valence-electron chi connectivity index (χ1n) is 12.0. The summed E-state index contributed by atoms with van der Waals surface area (Å²) in [5, 5.41) is 6.93. The molecular weight excluding hydrogens is 414 g/mol. The van der Waals surface area contributed by atoms with Crippen molar-refractivity contribution >= 4 is 11.6 Å². The Morgan fingerprint density at radius 1 is 1.12 bits per heavy atom. The fourth-order valence-electron chi connectivity index (χ4n) is 4.52. The van der Waals surface area contributed by atoms with Crippen LogP contribution in [0.5, 0.6) is 5.75 Å². The largest absolute Gasteiger partial charge is 0.495 e. The number of carbonyl (C=O) groups excluding carboxylic acids is 1. The standard InChI is InChI=1S/C27H39N3O3/c1-20(2)30(19-24-18-28-17-23(24)15-21-9-6-5-7-10-21)27(31)22-11-12-26(33-4)25(16-22)29-13-8-14-32-3/h5-7,9-12,16,20,23-24,28-29H,8,13-15,17-19H2,1-4H3. The van der Waals surface area contributed by atoms with Gasteiger partial charge < -0.3 is 25.0 Å². The lowest BCUT2D eigenvalue weighted by atomic mass is 9.89. The minimum absolute atomic E-state index is 0.0676. The number of benzene rings is 2. The fourth-order valence-corrected chi connectivity index (χ4v) is 4.52. The maximum atomic E-state index is 13.6. The number of hydrogen-bond donors (Lipinski definition) is 2. The van der Waals surface area contributed by atoms with Crippen LogP contribution in [0.4, 0.5) is 5.69 Å². The van der Waals surface area contributed by atoms with Crippen LogP contribution in [0, 0.1) is 11.8 Å². The number of carbonyl (C=O) groups is 1. The zero-order chi connectivity index (χ0) is 23.6. The molecule has 1 amide bonds. The topological polar surface area (TPSA) is 62.8 Å². The van der Waals surface area contributed by atoms with Crippen molar-refractivity contribution in [2.75, 3.05) is 52.3 Å². The third-order valence-corrected chi connectivity index (χ3v) is 6.42. The van der Waals surface area contributed by atoms with Crippen molar-refractivity contribution < 1.29 is 14.3 Å². The van der Waals surface area contributed by atoms with Crippen molar-refractivity contribution in [1.29, 1.82) is 0 Å². The summed E-state index contributed by atoms with van der Waals surface area (Å²) in [7, 11) is 3.35. The molecule has 2 atom stereocenters. The zero-order valence-corrected chi connectivity index (χ0v) is 20.5. The first-order chi connectivity index (χ1) is 16.0. The Hall–Kier alpha value is -2.57. The molecule has 6 nitrogen and oxygen atoms in total. The highest BCUT2D eigenvalue weighted by Crippen LogP contribution is 2.28. The maximum absolute atomic E-state index is 13.6. The predicted octanol–water partition coefficient (Wildman–Crippen LogP) is 4.07. The summed E-state index contributed by atoms with van der Waals surface area (Å²) in [6.45, 7) is 8.34. The van der Waals surface area contributed by atoms with Crippen LogP contribution in [0.15, 0.2) is 48.5 Å². The second-order valence-corrected chi connectivity index (χ2v) is 9.11. The molecule has 1 heterocycles. The lowest BCUT2D eigenvalue weighted by Crippen LogP contribution is -2.42. The molecule has 2 unspecified atom stereocenters. The van der Waals surface area contributed by atoms with E-state index in [0.29, 0.717) is 24.0 Å². The number of amides is 1. The quantitative estimate of drug-likeness (QED) is 0.475. The van der Waals surface area contributed by atoms with Crippen molar-refractivity contribution in [2.24, 2.45) is 11.8 Å². The molecule has 0 aromatic heterocycles. The number of anilines is 1. The minimum atomic E-state index is 0.0676. The first kappa shape index (κ1) is 25.1. The van der Waals surface area contributed by atoms with E-state index in [9.17, 15) is 4.79 Å². The summed E-state index contributed by atoms with van der Waals surface area (Å²) in [5.74, 6) is 1.76. The molecule has 0 bridgehead atoms. The molecule has 3 rings (SSSR count). The fraction of sp³-hybridized carbons (Fsp3) is 0.519. The third-order valence-electron chi connectivity index (χ3n) is 6.42. The van der Waals surface area contributed by atoms with E-state index in [1.54, 1.807) is 14.2 Å². The normalized spacial score (nSPS) is 17.8. The van der Waals surface area contributed by atoms with Gasteiger partial charge in [-0.1, -0.05) is 30.3 Å². The van der Waals surface area contributed by atoms with Crippen LogP contribution in [0.3, 0.4) is 0 Å². The third kappa shape index (κ3) is 6.95. The molecule has 1 saturated heterocycles. The highest BCUT2D eigenvalue weighted by Gasteiger charge is 2.31. The van der Waals surface area contributed by atoms with E-state index >= 15 is 0 Å². The van der Waals surface area contributed by atoms with Gasteiger partial charge in [0, 0.05) is 38.4 Å². The predicted molar refractivity (Wildman–Crippen MR) is 134 cm³/mol. The Kier molecular flexibility index (Phi) is 9.58.